The van der Waals surface area contributed by atoms with Crippen LogP contribution in [0, 0.1) is 11.8 Å². The average Bonchev–Trinajstić information content (AvgIpc) is 3.62. The molecule has 1 saturated heterocycles. The van der Waals surface area contributed by atoms with Crippen molar-refractivity contribution >= 4 is 28.9 Å². The van der Waals surface area contributed by atoms with Crippen molar-refractivity contribution in [2.75, 3.05) is 25.5 Å². The van der Waals surface area contributed by atoms with Gasteiger partial charge >= 0.3 is 0 Å². The second-order valence-electron chi connectivity index (χ2n) is 8.70. The van der Waals surface area contributed by atoms with Crippen LogP contribution in [-0.2, 0) is 16.1 Å². The van der Waals surface area contributed by atoms with Gasteiger partial charge in [-0.25, -0.2) is 4.99 Å². The van der Waals surface area contributed by atoms with Crippen LogP contribution in [0.2, 0.25) is 0 Å². The van der Waals surface area contributed by atoms with Crippen molar-refractivity contribution < 1.29 is 9.59 Å². The van der Waals surface area contributed by atoms with Gasteiger partial charge in [-0.05, 0) is 42.7 Å². The molecule has 2 heterocycles. The fourth-order valence-corrected chi connectivity index (χ4v) is 3.88. The molecule has 4 rings (SSSR count). The number of hydrogen-bond donors (Lipinski definition) is 2. The predicted molar refractivity (Wildman–Crippen MR) is 129 cm³/mol. The van der Waals surface area contributed by atoms with Gasteiger partial charge in [0.2, 0.25) is 11.8 Å². The molecular weight excluding hydrogens is 416 g/mol. The van der Waals surface area contributed by atoms with Crippen molar-refractivity contribution in [2.45, 2.75) is 26.3 Å². The third kappa shape index (κ3) is 5.58. The van der Waals surface area contributed by atoms with Gasteiger partial charge in [-0.15, -0.1) is 0 Å². The van der Waals surface area contributed by atoms with E-state index in [0.717, 1.165) is 41.2 Å². The van der Waals surface area contributed by atoms with Gasteiger partial charge in [0.05, 0.1) is 29.2 Å². The highest BCUT2D eigenvalue weighted by Gasteiger charge is 2.35. The minimum atomic E-state index is -0.1000. The number of hydrogen-bond acceptors (Lipinski definition) is 6. The molecule has 0 bridgehead atoms. The largest absolute Gasteiger partial charge is 0.403 e. The van der Waals surface area contributed by atoms with Gasteiger partial charge in [0, 0.05) is 57.6 Å². The minimum absolute atomic E-state index is 0.0195. The maximum Gasteiger partial charge on any atom is 0.229 e. The molecule has 172 valence electrons. The van der Waals surface area contributed by atoms with Gasteiger partial charge in [-0.2, -0.15) is 0 Å². The molecule has 1 aliphatic carbocycles. The summed E-state index contributed by atoms with van der Waals surface area (Å²) in [5.41, 5.74) is 10.4. The molecule has 0 radical (unpaired) electrons. The Labute approximate surface area is 194 Å². The zero-order valence-corrected chi connectivity index (χ0v) is 19.1. The quantitative estimate of drug-likeness (QED) is 0.607. The van der Waals surface area contributed by atoms with E-state index in [2.05, 4.69) is 10.3 Å². The van der Waals surface area contributed by atoms with Crippen molar-refractivity contribution in [3.63, 3.8) is 0 Å². The number of amides is 2. The number of carbonyl (C=O) groups excluding carboxylic acids is 2. The van der Waals surface area contributed by atoms with Crippen LogP contribution in [0.3, 0.4) is 0 Å². The van der Waals surface area contributed by atoms with E-state index in [9.17, 15) is 9.59 Å². The summed E-state index contributed by atoms with van der Waals surface area (Å²) < 4.78 is 0. The molecule has 1 aromatic carbocycles. The second kappa shape index (κ2) is 9.85. The molecule has 1 aliphatic heterocycles. The number of carbonyl (C=O) groups is 2. The maximum absolute atomic E-state index is 12.6. The second-order valence-corrected chi connectivity index (χ2v) is 8.70. The normalized spacial score (nSPS) is 16.8. The summed E-state index contributed by atoms with van der Waals surface area (Å²) in [6.45, 7) is 3.08. The monoisotopic (exact) mass is 446 g/mol. The van der Waals surface area contributed by atoms with E-state index in [4.69, 9.17) is 10.7 Å². The van der Waals surface area contributed by atoms with Gasteiger partial charge in [-0.3, -0.25) is 14.6 Å². The Balaban J connectivity index is 1.37. The van der Waals surface area contributed by atoms with E-state index in [1.807, 2.05) is 36.4 Å². The van der Waals surface area contributed by atoms with Crippen molar-refractivity contribution in [1.29, 1.82) is 0 Å². The summed E-state index contributed by atoms with van der Waals surface area (Å²) in [4.78, 5) is 36.2. The van der Waals surface area contributed by atoms with E-state index in [1.54, 1.807) is 35.4 Å². The molecule has 0 atom stereocenters. The van der Waals surface area contributed by atoms with Crippen molar-refractivity contribution in [3.05, 3.63) is 66.3 Å². The zero-order chi connectivity index (χ0) is 23.4. The van der Waals surface area contributed by atoms with Crippen LogP contribution in [0.5, 0.6) is 0 Å². The number of allylic oxidation sites excluding steroid dienone is 1. The average molecular weight is 447 g/mol. The van der Waals surface area contributed by atoms with Crippen LogP contribution in [0.4, 0.5) is 11.4 Å². The Morgan fingerprint density at radius 3 is 2.52 bits per heavy atom. The van der Waals surface area contributed by atoms with Gasteiger partial charge < -0.3 is 20.9 Å². The van der Waals surface area contributed by atoms with Crippen LogP contribution in [0.1, 0.15) is 25.3 Å². The highest BCUT2D eigenvalue weighted by atomic mass is 16.2. The molecule has 1 aromatic heterocycles. The summed E-state index contributed by atoms with van der Waals surface area (Å²) in [5, 5.41) is 3.39. The van der Waals surface area contributed by atoms with E-state index >= 15 is 0 Å². The number of pyridine rings is 1. The Hall–Kier alpha value is -3.68. The first kappa shape index (κ1) is 22.5. The first-order valence-corrected chi connectivity index (χ1v) is 11.2. The molecule has 3 N–H and O–H groups in total. The number of nitrogens with one attached hydrogen (secondary N) is 1. The lowest BCUT2D eigenvalue weighted by Gasteiger charge is -2.39. The Kier molecular flexibility index (Phi) is 6.72. The summed E-state index contributed by atoms with van der Waals surface area (Å²) >= 11 is 0. The first-order valence-electron chi connectivity index (χ1n) is 11.2. The van der Waals surface area contributed by atoms with Gasteiger partial charge in [0.1, 0.15) is 0 Å². The van der Waals surface area contributed by atoms with Gasteiger partial charge in [-0.1, -0.05) is 12.1 Å². The standard InChI is InChI=1S/C25H30N6O2/c1-17(32)31-15-20(16-31)25(33)30(2)14-18-5-9-21(10-6-18)28-23(12-26)24(19-7-8-19)29-22-4-3-11-27-13-22/h3-6,9-13,19-20,28H,7-8,14-16,26H2,1-2H3/b23-12+,29-24?. The number of rotatable bonds is 8. The molecule has 2 amide bonds. The molecular formula is C25H30N6O2. The number of aromatic nitrogens is 1. The smallest absolute Gasteiger partial charge is 0.229 e. The Bertz CT molecular complexity index is 1050. The SMILES string of the molecule is CC(=O)N1CC(C(=O)N(C)Cc2ccc(N/C(=C/N)C(=Nc3cccnc3)C3CC3)cc2)C1. The number of aliphatic imine (C=N–C) groups is 1. The summed E-state index contributed by atoms with van der Waals surface area (Å²) in [5.74, 6) is 0.392. The van der Waals surface area contributed by atoms with Crippen LogP contribution >= 0.6 is 0 Å². The topological polar surface area (TPSA) is 104 Å². The number of nitrogens with zero attached hydrogens (tertiary/aromatic N) is 4. The van der Waals surface area contributed by atoms with E-state index in [1.165, 1.54) is 6.92 Å². The van der Waals surface area contributed by atoms with Crippen LogP contribution in [0.15, 0.2) is 65.7 Å². The lowest BCUT2D eigenvalue weighted by Crippen LogP contribution is -2.55. The number of anilines is 1. The number of nitrogens with two attached hydrogens (primary N) is 1. The summed E-state index contributed by atoms with van der Waals surface area (Å²) in [6.07, 6.45) is 7.24. The Morgan fingerprint density at radius 1 is 1.21 bits per heavy atom. The van der Waals surface area contributed by atoms with Crippen LogP contribution < -0.4 is 11.1 Å². The van der Waals surface area contributed by atoms with Crippen LogP contribution in [0.25, 0.3) is 0 Å². The third-order valence-corrected chi connectivity index (χ3v) is 6.01. The van der Waals surface area contributed by atoms with E-state index < -0.39 is 0 Å². The Morgan fingerprint density at radius 2 is 1.94 bits per heavy atom. The zero-order valence-electron chi connectivity index (χ0n) is 19.1. The fraction of sp³-hybridized carbons (Fsp3) is 0.360. The molecule has 2 aromatic rings. The molecule has 8 heteroatoms. The third-order valence-electron chi connectivity index (χ3n) is 6.01. The van der Waals surface area contributed by atoms with E-state index in [-0.39, 0.29) is 17.7 Å². The highest BCUT2D eigenvalue weighted by Crippen LogP contribution is 2.35. The van der Waals surface area contributed by atoms with Crippen molar-refractivity contribution in [2.24, 2.45) is 22.6 Å². The molecule has 33 heavy (non-hydrogen) atoms. The minimum Gasteiger partial charge on any atom is -0.403 e. The maximum atomic E-state index is 12.6. The predicted octanol–water partition coefficient (Wildman–Crippen LogP) is 2.91. The molecule has 8 nitrogen and oxygen atoms in total. The molecule has 2 fully saturated rings. The first-order chi connectivity index (χ1) is 15.9. The van der Waals surface area contributed by atoms with E-state index in [0.29, 0.717) is 25.6 Å². The molecule has 0 spiro atoms. The number of likely N-dealkylation sites (tertiary alicyclic amines) is 1. The summed E-state index contributed by atoms with van der Waals surface area (Å²) in [6, 6.07) is 11.7. The highest BCUT2D eigenvalue weighted by molar-refractivity contribution is 6.06. The van der Waals surface area contributed by atoms with Gasteiger partial charge in [0.25, 0.3) is 0 Å². The van der Waals surface area contributed by atoms with Crippen molar-refractivity contribution in [3.8, 4) is 0 Å². The van der Waals surface area contributed by atoms with Crippen molar-refractivity contribution in [1.82, 2.24) is 14.8 Å². The molecule has 2 aliphatic rings. The molecule has 0 unspecified atom stereocenters. The fourth-order valence-electron chi connectivity index (χ4n) is 3.88. The lowest BCUT2D eigenvalue weighted by molar-refractivity contribution is -0.146. The number of benzene rings is 1. The van der Waals surface area contributed by atoms with Gasteiger partial charge in [0.15, 0.2) is 0 Å². The molecule has 1 saturated carbocycles. The lowest BCUT2D eigenvalue weighted by atomic mass is 9.98. The van der Waals surface area contributed by atoms with Crippen LogP contribution in [-0.4, -0.2) is 52.4 Å². The summed E-state index contributed by atoms with van der Waals surface area (Å²) in [7, 11) is 1.80.